The van der Waals surface area contributed by atoms with Crippen LogP contribution in [0.4, 0.5) is 0 Å². The Hall–Kier alpha value is -2.92. The Kier molecular flexibility index (Phi) is 8.07. The summed E-state index contributed by atoms with van der Waals surface area (Å²) in [6.45, 7) is 2.79. The molecule has 10 heteroatoms. The lowest BCUT2D eigenvalue weighted by atomic mass is 10.1. The van der Waals surface area contributed by atoms with Crippen molar-refractivity contribution in [1.82, 2.24) is 9.21 Å². The zero-order valence-electron chi connectivity index (χ0n) is 19.7. The van der Waals surface area contributed by atoms with Crippen LogP contribution in [0.5, 0.6) is 11.5 Å². The van der Waals surface area contributed by atoms with Gasteiger partial charge in [-0.25, -0.2) is 8.42 Å². The maximum absolute atomic E-state index is 13.6. The van der Waals surface area contributed by atoms with Crippen LogP contribution in [0.3, 0.4) is 0 Å². The molecule has 1 amide bonds. The van der Waals surface area contributed by atoms with Gasteiger partial charge in [-0.15, -0.1) is 11.3 Å². The minimum atomic E-state index is -3.88. The highest BCUT2D eigenvalue weighted by Crippen LogP contribution is 2.33. The van der Waals surface area contributed by atoms with Crippen molar-refractivity contribution in [2.24, 2.45) is 0 Å². The van der Waals surface area contributed by atoms with Crippen molar-refractivity contribution in [2.45, 2.75) is 24.9 Å². The predicted molar refractivity (Wildman–Crippen MR) is 133 cm³/mol. The molecule has 1 aliphatic rings. The molecule has 0 saturated carbocycles. The number of fused-ring (bicyclic) bond motifs is 1. The largest absolute Gasteiger partial charge is 0.454 e. The maximum Gasteiger partial charge on any atom is 0.243 e. The van der Waals surface area contributed by atoms with Crippen molar-refractivity contribution >= 4 is 27.3 Å². The lowest BCUT2D eigenvalue weighted by Gasteiger charge is -2.27. The number of hydrogen-bond donors (Lipinski definition) is 0. The number of rotatable bonds is 11. The quantitative estimate of drug-likeness (QED) is 0.387. The van der Waals surface area contributed by atoms with E-state index in [1.807, 2.05) is 36.6 Å². The van der Waals surface area contributed by atoms with E-state index in [1.54, 1.807) is 34.4 Å². The van der Waals surface area contributed by atoms with Crippen LogP contribution in [0.25, 0.3) is 0 Å². The molecule has 0 saturated heterocycles. The van der Waals surface area contributed by atoms with Gasteiger partial charge < -0.3 is 19.1 Å². The fourth-order valence-corrected chi connectivity index (χ4v) is 6.02. The first kappa shape index (κ1) is 25.2. The summed E-state index contributed by atoms with van der Waals surface area (Å²) in [6, 6.07) is 15.7. The third kappa shape index (κ3) is 6.02. The normalized spacial score (nSPS) is 12.8. The van der Waals surface area contributed by atoms with Gasteiger partial charge >= 0.3 is 0 Å². The molecule has 186 valence electrons. The topological polar surface area (TPSA) is 85.4 Å². The lowest BCUT2D eigenvalue weighted by molar-refractivity contribution is -0.132. The Morgan fingerprint density at radius 3 is 2.54 bits per heavy atom. The summed E-state index contributed by atoms with van der Waals surface area (Å²) in [7, 11) is -2.38. The van der Waals surface area contributed by atoms with Gasteiger partial charge in [0.05, 0.1) is 24.6 Å². The van der Waals surface area contributed by atoms with E-state index in [2.05, 4.69) is 0 Å². The Balaban J connectivity index is 1.59. The first-order valence-corrected chi connectivity index (χ1v) is 13.4. The number of nitrogens with zero attached hydrogens (tertiary/aromatic N) is 2. The first-order valence-electron chi connectivity index (χ1n) is 11.1. The smallest absolute Gasteiger partial charge is 0.243 e. The van der Waals surface area contributed by atoms with Crippen LogP contribution >= 0.6 is 11.3 Å². The minimum Gasteiger partial charge on any atom is -0.454 e. The zero-order chi connectivity index (χ0) is 24.8. The van der Waals surface area contributed by atoms with E-state index in [0.717, 1.165) is 16.0 Å². The fraction of sp³-hybridized carbons (Fsp3) is 0.320. The number of aryl methyl sites for hydroxylation is 1. The molecule has 2 aromatic carbocycles. The van der Waals surface area contributed by atoms with Gasteiger partial charge in [0.15, 0.2) is 11.5 Å². The molecule has 35 heavy (non-hydrogen) atoms. The van der Waals surface area contributed by atoms with E-state index in [9.17, 15) is 13.2 Å². The van der Waals surface area contributed by atoms with Crippen molar-refractivity contribution in [1.29, 1.82) is 0 Å². The molecule has 0 radical (unpaired) electrons. The number of carbonyl (C=O) groups is 1. The standard InChI is InChI=1S/C25H28N2O6S2/c1-19-10-13-34-24(19)16-26(15-20-8-9-22-23(14-20)33-18-32-22)25(28)17-27(11-12-31-2)35(29,30)21-6-4-3-5-7-21/h3-10,13-14H,11-12,15-18H2,1-2H3. The van der Waals surface area contributed by atoms with Crippen molar-refractivity contribution in [3.63, 3.8) is 0 Å². The van der Waals surface area contributed by atoms with Gasteiger partial charge in [0.1, 0.15) is 0 Å². The summed E-state index contributed by atoms with van der Waals surface area (Å²) in [5.41, 5.74) is 1.96. The molecule has 8 nitrogen and oxygen atoms in total. The molecular weight excluding hydrogens is 488 g/mol. The molecule has 0 unspecified atom stereocenters. The van der Waals surface area contributed by atoms with E-state index in [-0.39, 0.29) is 37.3 Å². The van der Waals surface area contributed by atoms with Crippen molar-refractivity contribution in [2.75, 3.05) is 33.6 Å². The van der Waals surface area contributed by atoms with Crippen LogP contribution in [0, 0.1) is 6.92 Å². The molecule has 0 fully saturated rings. The molecule has 1 aromatic heterocycles. The highest BCUT2D eigenvalue weighted by atomic mass is 32.2. The SMILES string of the molecule is COCCN(CC(=O)N(Cc1ccc2c(c1)OCO2)Cc1sccc1C)S(=O)(=O)c1ccccc1. The van der Waals surface area contributed by atoms with Gasteiger partial charge in [-0.05, 0) is 53.8 Å². The third-order valence-corrected chi connectivity index (χ3v) is 8.57. The number of sulfonamides is 1. The fourth-order valence-electron chi connectivity index (χ4n) is 3.70. The van der Waals surface area contributed by atoms with Crippen molar-refractivity contribution < 1.29 is 27.4 Å². The van der Waals surface area contributed by atoms with Gasteiger partial charge in [0, 0.05) is 25.1 Å². The monoisotopic (exact) mass is 516 g/mol. The molecule has 0 N–H and O–H groups in total. The first-order chi connectivity index (χ1) is 16.9. The van der Waals surface area contributed by atoms with Crippen molar-refractivity contribution in [3.8, 4) is 11.5 Å². The van der Waals surface area contributed by atoms with Gasteiger partial charge in [-0.1, -0.05) is 24.3 Å². The maximum atomic E-state index is 13.6. The highest BCUT2D eigenvalue weighted by Gasteiger charge is 2.29. The summed E-state index contributed by atoms with van der Waals surface area (Å²) >= 11 is 1.57. The molecule has 0 bridgehead atoms. The van der Waals surface area contributed by atoms with Crippen LogP contribution in [0.15, 0.2) is 64.9 Å². The van der Waals surface area contributed by atoms with Crippen LogP contribution < -0.4 is 9.47 Å². The Morgan fingerprint density at radius 2 is 1.83 bits per heavy atom. The second-order valence-electron chi connectivity index (χ2n) is 8.11. The van der Waals surface area contributed by atoms with Crippen LogP contribution in [0.1, 0.15) is 16.0 Å². The number of carbonyl (C=O) groups excluding carboxylic acids is 1. The molecular formula is C25H28N2O6S2. The summed E-state index contributed by atoms with van der Waals surface area (Å²) < 4.78 is 43.8. The predicted octanol–water partition coefficient (Wildman–Crippen LogP) is 3.65. The number of ether oxygens (including phenoxy) is 3. The van der Waals surface area contributed by atoms with E-state index in [1.165, 1.54) is 23.5 Å². The summed E-state index contributed by atoms with van der Waals surface area (Å²) in [4.78, 5) is 16.5. The minimum absolute atomic E-state index is 0.0648. The Labute approximate surface area is 209 Å². The number of benzene rings is 2. The second-order valence-corrected chi connectivity index (χ2v) is 11.0. The lowest BCUT2D eigenvalue weighted by Crippen LogP contribution is -2.43. The van der Waals surface area contributed by atoms with E-state index >= 15 is 0 Å². The molecule has 2 heterocycles. The summed E-state index contributed by atoms with van der Waals surface area (Å²) in [5, 5.41) is 1.98. The average molecular weight is 517 g/mol. The number of hydrogen-bond acceptors (Lipinski definition) is 7. The van der Waals surface area contributed by atoms with E-state index in [4.69, 9.17) is 14.2 Å². The van der Waals surface area contributed by atoms with Crippen LogP contribution in [-0.2, 0) is 32.6 Å². The highest BCUT2D eigenvalue weighted by molar-refractivity contribution is 7.89. The molecule has 0 spiro atoms. The summed E-state index contributed by atoms with van der Waals surface area (Å²) in [5.74, 6) is 1.00. The van der Waals surface area contributed by atoms with Crippen LogP contribution in [-0.4, -0.2) is 57.1 Å². The van der Waals surface area contributed by atoms with Crippen molar-refractivity contribution in [3.05, 3.63) is 76.0 Å². The number of thiophene rings is 1. The Morgan fingerprint density at radius 1 is 1.06 bits per heavy atom. The molecule has 0 aliphatic carbocycles. The molecule has 1 aliphatic heterocycles. The Bertz CT molecular complexity index is 1260. The molecule has 4 rings (SSSR count). The van der Waals surface area contributed by atoms with Gasteiger partial charge in [0.2, 0.25) is 22.7 Å². The van der Waals surface area contributed by atoms with E-state index in [0.29, 0.717) is 24.6 Å². The van der Waals surface area contributed by atoms with Gasteiger partial charge in [-0.2, -0.15) is 4.31 Å². The van der Waals surface area contributed by atoms with Crippen LogP contribution in [0.2, 0.25) is 0 Å². The van der Waals surface area contributed by atoms with Gasteiger partial charge in [0.25, 0.3) is 0 Å². The number of amides is 1. The molecule has 3 aromatic rings. The van der Waals surface area contributed by atoms with Gasteiger partial charge in [-0.3, -0.25) is 4.79 Å². The number of methoxy groups -OCH3 is 1. The molecule has 0 atom stereocenters. The third-order valence-electron chi connectivity index (χ3n) is 5.70. The average Bonchev–Trinajstić information content (AvgIpc) is 3.50. The second kappa shape index (κ2) is 11.2. The summed E-state index contributed by atoms with van der Waals surface area (Å²) in [6.07, 6.45) is 0. The van der Waals surface area contributed by atoms with E-state index < -0.39 is 10.0 Å². The zero-order valence-corrected chi connectivity index (χ0v) is 21.3.